The summed E-state index contributed by atoms with van der Waals surface area (Å²) in [5.41, 5.74) is 0.577. The lowest BCUT2D eigenvalue weighted by atomic mass is 10.1. The minimum absolute atomic E-state index is 0.166. The van der Waals surface area contributed by atoms with E-state index in [9.17, 15) is 8.78 Å². The highest BCUT2D eigenvalue weighted by molar-refractivity contribution is 5.88. The van der Waals surface area contributed by atoms with Gasteiger partial charge in [0.2, 0.25) is 5.90 Å². The fourth-order valence-electron chi connectivity index (χ4n) is 2.62. The van der Waals surface area contributed by atoms with E-state index in [4.69, 9.17) is 4.74 Å². The Morgan fingerprint density at radius 3 is 2.91 bits per heavy atom. The Balaban J connectivity index is 1.67. The molecule has 0 spiro atoms. The van der Waals surface area contributed by atoms with Gasteiger partial charge in [0.15, 0.2) is 11.6 Å². The maximum atomic E-state index is 13.2. The van der Waals surface area contributed by atoms with Crippen molar-refractivity contribution in [2.24, 2.45) is 4.99 Å². The second-order valence-corrected chi connectivity index (χ2v) is 5.69. The zero-order chi connectivity index (χ0) is 15.7. The first-order chi connectivity index (χ1) is 10.5. The van der Waals surface area contributed by atoms with Gasteiger partial charge in [0.05, 0.1) is 0 Å². The van der Waals surface area contributed by atoms with Crippen molar-refractivity contribution in [2.45, 2.75) is 26.0 Å². The molecule has 1 fully saturated rings. The van der Waals surface area contributed by atoms with Crippen molar-refractivity contribution < 1.29 is 13.5 Å². The maximum Gasteiger partial charge on any atom is 0.214 e. The number of hydrogen-bond donors (Lipinski definition) is 0. The van der Waals surface area contributed by atoms with E-state index in [2.05, 4.69) is 28.8 Å². The van der Waals surface area contributed by atoms with Crippen LogP contribution in [0, 0.1) is 11.6 Å². The molecule has 0 N–H and O–H groups in total. The van der Waals surface area contributed by atoms with Crippen LogP contribution in [0.1, 0.15) is 18.9 Å². The normalized spacial score (nSPS) is 21.2. The van der Waals surface area contributed by atoms with Gasteiger partial charge in [-0.15, -0.1) is 0 Å². The third kappa shape index (κ3) is 2.91. The third-order valence-electron chi connectivity index (χ3n) is 4.18. The van der Waals surface area contributed by atoms with Crippen LogP contribution in [0.4, 0.5) is 8.78 Å². The Kier molecular flexibility index (Phi) is 4.00. The minimum atomic E-state index is -0.864. The van der Waals surface area contributed by atoms with Crippen LogP contribution < -0.4 is 0 Å². The standard InChI is InChI=1S/C16H19F2N3O/c1-11-5-6-21-10-19-15(8-16(21)20(11)2)22-9-12-3-4-13(17)14(18)7-12/h3-4,7-8,11H,5-6,9-10H2,1-2H3/t11-/m0/s1. The summed E-state index contributed by atoms with van der Waals surface area (Å²) in [6, 6.07) is 4.24. The molecule has 0 unspecified atom stereocenters. The van der Waals surface area contributed by atoms with Crippen LogP contribution in [-0.2, 0) is 11.3 Å². The molecule has 6 heteroatoms. The van der Waals surface area contributed by atoms with Gasteiger partial charge >= 0.3 is 0 Å². The number of ether oxygens (including phenoxy) is 1. The summed E-state index contributed by atoms with van der Waals surface area (Å²) in [6.45, 7) is 3.90. The van der Waals surface area contributed by atoms with Gasteiger partial charge in [-0.1, -0.05) is 6.07 Å². The predicted octanol–water partition coefficient (Wildman–Crippen LogP) is 2.72. The molecule has 1 saturated heterocycles. The third-order valence-corrected chi connectivity index (χ3v) is 4.18. The lowest BCUT2D eigenvalue weighted by molar-refractivity contribution is 0.133. The summed E-state index contributed by atoms with van der Waals surface area (Å²) in [4.78, 5) is 8.78. The van der Waals surface area contributed by atoms with Gasteiger partial charge in [0.1, 0.15) is 19.1 Å². The zero-order valence-corrected chi connectivity index (χ0v) is 12.7. The minimum Gasteiger partial charge on any atom is -0.473 e. The Hall–Kier alpha value is -2.11. The summed E-state index contributed by atoms with van der Waals surface area (Å²) < 4.78 is 31.7. The summed E-state index contributed by atoms with van der Waals surface area (Å²) in [5, 5.41) is 0. The molecular weight excluding hydrogens is 288 g/mol. The quantitative estimate of drug-likeness (QED) is 0.841. The van der Waals surface area contributed by atoms with E-state index in [0.717, 1.165) is 30.9 Å². The van der Waals surface area contributed by atoms with E-state index < -0.39 is 11.6 Å². The highest BCUT2D eigenvalue weighted by atomic mass is 19.2. The van der Waals surface area contributed by atoms with Crippen molar-refractivity contribution in [2.75, 3.05) is 20.3 Å². The van der Waals surface area contributed by atoms with Crippen molar-refractivity contribution in [1.82, 2.24) is 9.80 Å². The van der Waals surface area contributed by atoms with E-state index >= 15 is 0 Å². The molecule has 0 radical (unpaired) electrons. The molecule has 118 valence electrons. The molecule has 0 aliphatic carbocycles. The molecule has 4 nitrogen and oxygen atoms in total. The number of nitrogens with zero attached hydrogens (tertiary/aromatic N) is 3. The van der Waals surface area contributed by atoms with Crippen molar-refractivity contribution in [1.29, 1.82) is 0 Å². The van der Waals surface area contributed by atoms with E-state index in [1.165, 1.54) is 6.07 Å². The highest BCUT2D eigenvalue weighted by Gasteiger charge is 2.27. The molecule has 0 bridgehead atoms. The summed E-state index contributed by atoms with van der Waals surface area (Å²) in [6.07, 6.45) is 3.01. The Bertz CT molecular complexity index is 630. The average Bonchev–Trinajstić information content (AvgIpc) is 2.52. The first-order valence-electron chi connectivity index (χ1n) is 7.35. The first-order valence-corrected chi connectivity index (χ1v) is 7.35. The van der Waals surface area contributed by atoms with E-state index in [-0.39, 0.29) is 6.61 Å². The number of hydrogen-bond acceptors (Lipinski definition) is 4. The number of rotatable bonds is 2. The van der Waals surface area contributed by atoms with Crippen molar-refractivity contribution in [3.05, 3.63) is 47.3 Å². The van der Waals surface area contributed by atoms with Crippen molar-refractivity contribution in [3.8, 4) is 0 Å². The van der Waals surface area contributed by atoms with Crippen LogP contribution >= 0.6 is 0 Å². The molecule has 1 atom stereocenters. The van der Waals surface area contributed by atoms with Gasteiger partial charge < -0.3 is 14.5 Å². The molecule has 1 aromatic rings. The summed E-state index contributed by atoms with van der Waals surface area (Å²) >= 11 is 0. The topological polar surface area (TPSA) is 28.1 Å². The second-order valence-electron chi connectivity index (χ2n) is 5.69. The Labute approximate surface area is 128 Å². The first kappa shape index (κ1) is 14.8. The van der Waals surface area contributed by atoms with Crippen LogP contribution in [0.2, 0.25) is 0 Å². The van der Waals surface area contributed by atoms with Gasteiger partial charge in [-0.2, -0.15) is 0 Å². The Morgan fingerprint density at radius 1 is 1.32 bits per heavy atom. The molecule has 3 rings (SSSR count). The molecule has 22 heavy (non-hydrogen) atoms. The van der Waals surface area contributed by atoms with Crippen molar-refractivity contribution >= 4 is 5.90 Å². The summed E-state index contributed by atoms with van der Waals surface area (Å²) in [7, 11) is 2.06. The average molecular weight is 307 g/mol. The second kappa shape index (κ2) is 5.94. The fourth-order valence-corrected chi connectivity index (χ4v) is 2.62. The molecular formula is C16H19F2N3O. The smallest absolute Gasteiger partial charge is 0.214 e. The van der Waals surface area contributed by atoms with Gasteiger partial charge in [-0.25, -0.2) is 13.8 Å². The molecule has 2 aliphatic rings. The predicted molar refractivity (Wildman–Crippen MR) is 80.1 cm³/mol. The van der Waals surface area contributed by atoms with Crippen LogP contribution in [-0.4, -0.2) is 42.0 Å². The number of halogens is 2. The maximum absolute atomic E-state index is 13.2. The molecule has 0 aromatic heterocycles. The monoisotopic (exact) mass is 307 g/mol. The lowest BCUT2D eigenvalue weighted by Gasteiger charge is -2.43. The van der Waals surface area contributed by atoms with Crippen LogP contribution in [0.3, 0.4) is 0 Å². The molecule has 0 amide bonds. The molecule has 1 aromatic carbocycles. The Morgan fingerprint density at radius 2 is 2.14 bits per heavy atom. The molecule has 0 saturated carbocycles. The van der Waals surface area contributed by atoms with E-state index in [0.29, 0.717) is 24.2 Å². The van der Waals surface area contributed by atoms with E-state index in [1.54, 1.807) is 0 Å². The largest absolute Gasteiger partial charge is 0.473 e. The van der Waals surface area contributed by atoms with Crippen LogP contribution in [0.25, 0.3) is 0 Å². The highest BCUT2D eigenvalue weighted by Crippen LogP contribution is 2.24. The van der Waals surface area contributed by atoms with Gasteiger partial charge in [-0.05, 0) is 31.0 Å². The number of fused-ring (bicyclic) bond motifs is 1. The molecule has 2 heterocycles. The van der Waals surface area contributed by atoms with Gasteiger partial charge in [0, 0.05) is 25.7 Å². The summed E-state index contributed by atoms with van der Waals surface area (Å²) in [5.74, 6) is -0.0997. The van der Waals surface area contributed by atoms with Gasteiger partial charge in [0.25, 0.3) is 0 Å². The lowest BCUT2D eigenvalue weighted by Crippen LogP contribution is -2.47. The number of aliphatic imine (C=N–C) groups is 1. The van der Waals surface area contributed by atoms with Gasteiger partial charge in [-0.3, -0.25) is 0 Å². The van der Waals surface area contributed by atoms with Crippen LogP contribution in [0.5, 0.6) is 0 Å². The van der Waals surface area contributed by atoms with E-state index in [1.807, 2.05) is 6.08 Å². The zero-order valence-electron chi connectivity index (χ0n) is 12.7. The molecule has 2 aliphatic heterocycles. The fraction of sp³-hybridized carbons (Fsp3) is 0.438. The van der Waals surface area contributed by atoms with Crippen molar-refractivity contribution in [3.63, 3.8) is 0 Å². The van der Waals surface area contributed by atoms with Crippen LogP contribution in [0.15, 0.2) is 35.1 Å². The number of benzene rings is 1. The SMILES string of the molecule is C[C@H]1CCN2CN=C(OCc3ccc(F)c(F)c3)C=C2N1C.